The number of ketones is 2. The number of Topliss-reactive ketones (excluding diaryl/α,β-unsaturated/α-hetero) is 2. The number of benzene rings is 2. The van der Waals surface area contributed by atoms with Crippen molar-refractivity contribution in [3.63, 3.8) is 0 Å². The van der Waals surface area contributed by atoms with Crippen molar-refractivity contribution in [3.05, 3.63) is 77.4 Å². The van der Waals surface area contributed by atoms with Gasteiger partial charge >= 0.3 is 12.3 Å². The molecule has 0 radical (unpaired) electrons. The van der Waals surface area contributed by atoms with Gasteiger partial charge in [0.05, 0.1) is 24.1 Å². The molecule has 3 aliphatic rings. The smallest absolute Gasteiger partial charge is 0.428 e. The molecule has 0 unspecified atom stereocenters. The second-order valence-corrected chi connectivity index (χ2v) is 12.9. The molecule has 0 aromatic heterocycles. The maximum absolute atomic E-state index is 11.0. The van der Waals surface area contributed by atoms with E-state index in [1.54, 1.807) is 71.9 Å². The van der Waals surface area contributed by atoms with Crippen molar-refractivity contribution in [2.24, 2.45) is 0 Å². The van der Waals surface area contributed by atoms with Crippen LogP contribution in [0.5, 0.6) is 0 Å². The molecule has 11 heteroatoms. The molecule has 3 fully saturated rings. The number of nitrogens with one attached hydrogen (secondary N) is 2. The zero-order valence-electron chi connectivity index (χ0n) is 43.2. The highest BCUT2D eigenvalue weighted by Gasteiger charge is 2.24. The van der Waals surface area contributed by atoms with E-state index in [9.17, 15) is 24.4 Å². The first-order valence-electron chi connectivity index (χ1n) is 22.8. The third-order valence-electron chi connectivity index (χ3n) is 5.95. The van der Waals surface area contributed by atoms with Crippen LogP contribution in [-0.4, -0.2) is 61.3 Å². The van der Waals surface area contributed by atoms with Gasteiger partial charge < -0.3 is 24.8 Å². The van der Waals surface area contributed by atoms with Gasteiger partial charge in [0, 0.05) is 55.0 Å². The highest BCUT2D eigenvalue weighted by Crippen LogP contribution is 2.23. The number of piperidine rings is 2. The van der Waals surface area contributed by atoms with Crippen LogP contribution >= 0.6 is 0 Å². The summed E-state index contributed by atoms with van der Waals surface area (Å²) >= 11 is 0. The first-order chi connectivity index (χ1) is 29.5. The Bertz CT molecular complexity index is 1920. The Balaban J connectivity index is 0.000000417. The molecule has 2 aromatic rings. The Morgan fingerprint density at radius 1 is 0.679 bits per heavy atom. The summed E-state index contributed by atoms with van der Waals surface area (Å²) in [5, 5.41) is 22.9. The summed E-state index contributed by atoms with van der Waals surface area (Å²) in [4.78, 5) is 44.0. The Morgan fingerprint density at radius 3 is 1.51 bits per heavy atom. The van der Waals surface area contributed by atoms with E-state index in [1.165, 1.54) is 0 Å². The van der Waals surface area contributed by atoms with Gasteiger partial charge in [-0.1, -0.05) is 67.1 Å². The summed E-state index contributed by atoms with van der Waals surface area (Å²) in [6.45, 7) is 9.86. The molecular formula is C42H58N4O7. The fraction of sp³-hybridized carbons (Fsp3) is 0.524. The van der Waals surface area contributed by atoms with Gasteiger partial charge in [-0.15, -0.1) is 0 Å². The molecule has 1 aliphatic carbocycles. The summed E-state index contributed by atoms with van der Waals surface area (Å²) in [5.41, 5.74) is 0.275. The number of ether oxygens (including phenoxy) is 3. The molecule has 0 atom stereocenters. The lowest BCUT2D eigenvalue weighted by molar-refractivity contribution is -0.120. The molecule has 2 aliphatic heterocycles. The van der Waals surface area contributed by atoms with E-state index in [0.717, 1.165) is 5.56 Å². The van der Waals surface area contributed by atoms with Gasteiger partial charge in [-0.05, 0) is 96.9 Å². The number of nitriles is 2. The molecule has 2 N–H and O–H groups in total. The van der Waals surface area contributed by atoms with E-state index in [-0.39, 0.29) is 50.2 Å². The average molecular weight is 743 g/mol. The minimum Gasteiger partial charge on any atom is -0.428 e. The summed E-state index contributed by atoms with van der Waals surface area (Å²) in [7, 11) is 0. The van der Waals surface area contributed by atoms with E-state index in [0.29, 0.717) is 18.4 Å². The molecule has 0 spiro atoms. The summed E-state index contributed by atoms with van der Waals surface area (Å²) in [6.07, 6.45) is -12.6. The van der Waals surface area contributed by atoms with E-state index < -0.39 is 73.3 Å². The van der Waals surface area contributed by atoms with Crippen molar-refractivity contribution >= 4 is 29.5 Å². The van der Waals surface area contributed by atoms with Crippen LogP contribution < -0.4 is 10.6 Å². The molecule has 5 rings (SSSR count). The monoisotopic (exact) mass is 743 g/mol. The van der Waals surface area contributed by atoms with Gasteiger partial charge in [-0.25, -0.2) is 9.59 Å². The van der Waals surface area contributed by atoms with Crippen LogP contribution in [0.3, 0.4) is 0 Å². The summed E-state index contributed by atoms with van der Waals surface area (Å²) < 4.78 is 103. The molecule has 53 heavy (non-hydrogen) atoms. The van der Waals surface area contributed by atoms with Crippen LogP contribution in [0.2, 0.25) is 0 Å². The van der Waals surface area contributed by atoms with E-state index in [4.69, 9.17) is 31.2 Å². The topological polar surface area (TPSA) is 168 Å². The molecule has 2 saturated heterocycles. The fourth-order valence-electron chi connectivity index (χ4n) is 3.74. The zero-order chi connectivity index (χ0) is 50.3. The molecule has 1 saturated carbocycles. The van der Waals surface area contributed by atoms with Crippen LogP contribution in [0.15, 0.2) is 66.2 Å². The Hall–Kier alpha value is -4.84. The highest BCUT2D eigenvalue weighted by atomic mass is 16.8. The molecule has 0 amide bonds. The van der Waals surface area contributed by atoms with Crippen LogP contribution in [0.1, 0.15) is 127 Å². The van der Waals surface area contributed by atoms with Crippen LogP contribution in [0.4, 0.5) is 9.59 Å². The van der Waals surface area contributed by atoms with Gasteiger partial charge in [0.15, 0.2) is 0 Å². The lowest BCUT2D eigenvalue weighted by Gasteiger charge is -2.20. The highest BCUT2D eigenvalue weighted by molar-refractivity contribution is 5.80. The number of hydrogen-bond acceptors (Lipinski definition) is 11. The largest absolute Gasteiger partial charge is 0.519 e. The van der Waals surface area contributed by atoms with Crippen molar-refractivity contribution in [1.29, 1.82) is 10.5 Å². The quantitative estimate of drug-likeness (QED) is 0.172. The van der Waals surface area contributed by atoms with Gasteiger partial charge in [-0.3, -0.25) is 9.59 Å². The Kier molecular flexibility index (Phi) is 14.5. The maximum atomic E-state index is 11.0. The molecule has 2 aromatic carbocycles. The number of carbonyl (C=O) groups excluding carboxylic acids is 4. The number of hydrogen-bond donors (Lipinski definition) is 2. The van der Waals surface area contributed by atoms with Crippen molar-refractivity contribution in [2.75, 3.05) is 26.2 Å². The first-order valence-corrected chi connectivity index (χ1v) is 16.8. The molecule has 288 valence electrons. The molecule has 11 nitrogen and oxygen atoms in total. The first kappa shape index (κ1) is 29.6. The number of rotatable bonds is 2. The predicted octanol–water partition coefficient (Wildman–Crippen LogP) is 8.43. The lowest BCUT2D eigenvalue weighted by Crippen LogP contribution is -2.29. The third kappa shape index (κ3) is 24.9. The average Bonchev–Trinajstić information content (AvgIpc) is 3.14. The van der Waals surface area contributed by atoms with Crippen LogP contribution in [0, 0.1) is 22.7 Å². The fourth-order valence-corrected chi connectivity index (χ4v) is 3.74. The minimum atomic E-state index is -2.05. The molecule has 0 bridgehead atoms. The SMILES string of the molecule is CC(C)(C)OC(=O)OC(=O)OC(C)(C)C.N#CCc1ccccc1.[2H]C1([2H])CCCC([2H])([2H])C1=O.[2H]C1([2H])CNCC([2H])([2H])C1=C(C#N)c1ccccc1.[2H]C1([2H])CNCC([2H])([2H])C1=O. The van der Waals surface area contributed by atoms with E-state index in [1.807, 2.05) is 36.4 Å². The number of allylic oxidation sites excluding steroid dienone is 1. The predicted molar refractivity (Wildman–Crippen MR) is 206 cm³/mol. The van der Waals surface area contributed by atoms with Crippen molar-refractivity contribution < 1.29 is 49.8 Å². The van der Waals surface area contributed by atoms with Gasteiger partial charge in [0.25, 0.3) is 0 Å². The summed E-state index contributed by atoms with van der Waals surface area (Å²) in [6, 6.07) is 22.5. The summed E-state index contributed by atoms with van der Waals surface area (Å²) in [5.74, 6) is -1.85. The van der Waals surface area contributed by atoms with Gasteiger partial charge in [-0.2, -0.15) is 10.5 Å². The van der Waals surface area contributed by atoms with Crippen molar-refractivity contribution in [2.45, 2.75) is 117 Å². The Morgan fingerprint density at radius 2 is 1.11 bits per heavy atom. The standard InChI is InChI=1S/C13H14N2.C10H18O5.C8H7N.C6H10O.C5H9NO/c14-10-13(11-4-2-1-3-5-11)12-6-8-15-9-7-12;1-9(2,3)14-7(11)13-8(12)15-10(4,5)6;9-7-6-8-4-2-1-3-5-8;7-6-4-2-1-3-5-6;7-5-1-3-6-4-2-5/h1-5,15H,6-9H2;1-6H3;1-5H,6H2;1-5H2;6H,1-4H2/i6D2,7D2;;;4D2,5D2;1D2,2D2. The molecular weight excluding hydrogens is 672 g/mol. The van der Waals surface area contributed by atoms with Crippen molar-refractivity contribution in [1.82, 2.24) is 10.6 Å². The van der Waals surface area contributed by atoms with Crippen LogP contribution in [0.25, 0.3) is 5.57 Å². The van der Waals surface area contributed by atoms with E-state index in [2.05, 4.69) is 21.4 Å². The molecule has 2 heterocycles. The number of nitrogens with zero attached hydrogens (tertiary/aromatic N) is 2. The van der Waals surface area contributed by atoms with E-state index >= 15 is 0 Å². The second-order valence-electron chi connectivity index (χ2n) is 12.9. The lowest BCUT2D eigenvalue weighted by atomic mass is 9.95. The normalized spacial score (nSPS) is 24.3. The zero-order valence-corrected chi connectivity index (χ0v) is 31.2. The maximum Gasteiger partial charge on any atom is 0.519 e. The third-order valence-corrected chi connectivity index (χ3v) is 5.95. The van der Waals surface area contributed by atoms with Gasteiger partial charge in [0.1, 0.15) is 22.8 Å². The van der Waals surface area contributed by atoms with Crippen LogP contribution in [-0.2, 0) is 30.2 Å². The number of carbonyl (C=O) groups is 4. The Labute approximate surface area is 332 Å². The second kappa shape index (κ2) is 26.0. The van der Waals surface area contributed by atoms with Gasteiger partial charge in [0.2, 0.25) is 0 Å². The minimum absolute atomic E-state index is 0.0137. The van der Waals surface area contributed by atoms with Crippen molar-refractivity contribution in [3.8, 4) is 12.1 Å².